The van der Waals surface area contributed by atoms with Crippen molar-refractivity contribution in [1.29, 1.82) is 0 Å². The maximum Gasteiger partial charge on any atom is 0.292 e. The molecule has 1 amide bonds. The second kappa shape index (κ2) is 6.15. The molecule has 1 aliphatic heterocycles. The highest BCUT2D eigenvalue weighted by Crippen LogP contribution is 2.39. The smallest absolute Gasteiger partial charge is 0.292 e. The summed E-state index contributed by atoms with van der Waals surface area (Å²) in [5, 5.41) is 15.5. The van der Waals surface area contributed by atoms with Gasteiger partial charge < -0.3 is 14.4 Å². The van der Waals surface area contributed by atoms with Gasteiger partial charge in [0.2, 0.25) is 5.89 Å². The molecule has 0 aromatic carbocycles. The molecule has 9 nitrogen and oxygen atoms in total. The molecule has 2 aromatic rings. The minimum Gasteiger partial charge on any atom is -0.346 e. The van der Waals surface area contributed by atoms with Gasteiger partial charge in [0, 0.05) is 19.0 Å². The van der Waals surface area contributed by atoms with E-state index in [2.05, 4.69) is 35.1 Å². The van der Waals surface area contributed by atoms with E-state index in [-0.39, 0.29) is 23.8 Å². The number of rotatable bonds is 6. The second-order valence-electron chi connectivity index (χ2n) is 7.64. The van der Waals surface area contributed by atoms with Crippen LogP contribution < -0.4 is 5.32 Å². The Morgan fingerprint density at radius 1 is 1.23 bits per heavy atom. The lowest BCUT2D eigenvalue weighted by molar-refractivity contribution is 0.0937. The third-order valence-electron chi connectivity index (χ3n) is 5.49. The first-order chi connectivity index (χ1) is 12.7. The maximum atomic E-state index is 12.1. The van der Waals surface area contributed by atoms with Gasteiger partial charge in [0.15, 0.2) is 0 Å². The minimum atomic E-state index is -0.241. The molecule has 1 atom stereocenters. The first kappa shape index (κ1) is 15.9. The molecule has 2 aliphatic carbocycles. The summed E-state index contributed by atoms with van der Waals surface area (Å²) in [6.45, 7) is 1.65. The maximum absolute atomic E-state index is 12.1. The van der Waals surface area contributed by atoms with Crippen LogP contribution in [0.4, 0.5) is 0 Å². The largest absolute Gasteiger partial charge is 0.346 e. The van der Waals surface area contributed by atoms with Gasteiger partial charge in [0.05, 0.1) is 12.6 Å². The fourth-order valence-electron chi connectivity index (χ4n) is 3.63. The molecule has 26 heavy (non-hydrogen) atoms. The number of hydrogen-bond donors (Lipinski definition) is 1. The van der Waals surface area contributed by atoms with Crippen molar-refractivity contribution in [2.45, 2.75) is 63.1 Å². The molecular formula is C17H23N7O2. The summed E-state index contributed by atoms with van der Waals surface area (Å²) in [5.74, 6) is 3.05. The summed E-state index contributed by atoms with van der Waals surface area (Å²) in [6, 6.07) is 0.315. The first-order valence-corrected chi connectivity index (χ1v) is 9.45. The fraction of sp³-hybridized carbons (Fsp3) is 0.706. The van der Waals surface area contributed by atoms with E-state index >= 15 is 0 Å². The zero-order valence-electron chi connectivity index (χ0n) is 14.9. The fourth-order valence-corrected chi connectivity index (χ4v) is 3.63. The van der Waals surface area contributed by atoms with Crippen molar-refractivity contribution in [3.8, 4) is 0 Å². The van der Waals surface area contributed by atoms with Crippen LogP contribution in [0, 0.1) is 0 Å². The normalized spacial score (nSPS) is 23.5. The molecule has 9 heteroatoms. The SMILES string of the molecule is Cn1c(CN2CCCC2c2nc(C(=O)NC3CC3)no2)nnc1C1CC1. The molecule has 0 radical (unpaired) electrons. The molecule has 0 bridgehead atoms. The second-order valence-corrected chi connectivity index (χ2v) is 7.64. The van der Waals surface area contributed by atoms with Gasteiger partial charge in [-0.05, 0) is 45.1 Å². The third-order valence-corrected chi connectivity index (χ3v) is 5.49. The van der Waals surface area contributed by atoms with Crippen molar-refractivity contribution in [3.63, 3.8) is 0 Å². The van der Waals surface area contributed by atoms with Crippen LogP contribution >= 0.6 is 0 Å². The average Bonchev–Trinajstić information content (AvgIpc) is 3.50. The molecule has 2 saturated carbocycles. The van der Waals surface area contributed by atoms with Crippen LogP contribution in [0.15, 0.2) is 4.52 Å². The summed E-state index contributed by atoms with van der Waals surface area (Å²) in [6.07, 6.45) is 6.50. The molecule has 1 saturated heterocycles. The van der Waals surface area contributed by atoms with Crippen molar-refractivity contribution in [3.05, 3.63) is 23.4 Å². The zero-order chi connectivity index (χ0) is 17.7. The Bertz CT molecular complexity index is 821. The molecule has 3 fully saturated rings. The predicted molar refractivity (Wildman–Crippen MR) is 90.1 cm³/mol. The van der Waals surface area contributed by atoms with Crippen LogP contribution in [-0.4, -0.2) is 48.3 Å². The molecule has 1 unspecified atom stereocenters. The Morgan fingerprint density at radius 2 is 2.08 bits per heavy atom. The highest BCUT2D eigenvalue weighted by Gasteiger charge is 2.34. The van der Waals surface area contributed by atoms with E-state index in [0.717, 1.165) is 43.9 Å². The molecule has 3 heterocycles. The summed E-state index contributed by atoms with van der Waals surface area (Å²) >= 11 is 0. The van der Waals surface area contributed by atoms with Crippen molar-refractivity contribution < 1.29 is 9.32 Å². The Kier molecular flexibility index (Phi) is 3.77. The number of aromatic nitrogens is 5. The molecular weight excluding hydrogens is 334 g/mol. The number of hydrogen-bond acceptors (Lipinski definition) is 7. The monoisotopic (exact) mass is 357 g/mol. The third kappa shape index (κ3) is 3.00. The van der Waals surface area contributed by atoms with E-state index in [4.69, 9.17) is 4.52 Å². The molecule has 2 aromatic heterocycles. The Morgan fingerprint density at radius 3 is 2.85 bits per heavy atom. The highest BCUT2D eigenvalue weighted by atomic mass is 16.5. The van der Waals surface area contributed by atoms with E-state index in [9.17, 15) is 4.79 Å². The quantitative estimate of drug-likeness (QED) is 0.831. The van der Waals surface area contributed by atoms with Gasteiger partial charge in [0.1, 0.15) is 11.6 Å². The lowest BCUT2D eigenvalue weighted by Gasteiger charge is -2.20. The van der Waals surface area contributed by atoms with Gasteiger partial charge in [-0.1, -0.05) is 5.16 Å². The molecule has 0 spiro atoms. The van der Waals surface area contributed by atoms with Gasteiger partial charge in [0.25, 0.3) is 11.7 Å². The van der Waals surface area contributed by atoms with E-state index in [1.165, 1.54) is 12.8 Å². The lowest BCUT2D eigenvalue weighted by atomic mass is 10.2. The van der Waals surface area contributed by atoms with Crippen LogP contribution in [0.5, 0.6) is 0 Å². The van der Waals surface area contributed by atoms with E-state index in [1.54, 1.807) is 0 Å². The first-order valence-electron chi connectivity index (χ1n) is 9.45. The highest BCUT2D eigenvalue weighted by molar-refractivity contribution is 5.90. The van der Waals surface area contributed by atoms with E-state index < -0.39 is 0 Å². The average molecular weight is 357 g/mol. The minimum absolute atomic E-state index is 0.0334. The number of nitrogens with zero attached hydrogens (tertiary/aromatic N) is 6. The predicted octanol–water partition coefficient (Wildman–Crippen LogP) is 1.30. The van der Waals surface area contributed by atoms with Crippen LogP contribution in [0.25, 0.3) is 0 Å². The summed E-state index contributed by atoms with van der Waals surface area (Å²) in [5.41, 5.74) is 0. The van der Waals surface area contributed by atoms with Crippen molar-refractivity contribution >= 4 is 5.91 Å². The lowest BCUT2D eigenvalue weighted by Crippen LogP contribution is -2.27. The Hall–Kier alpha value is -2.29. The molecule has 1 N–H and O–H groups in total. The number of nitrogens with one attached hydrogen (secondary N) is 1. The molecule has 3 aliphatic rings. The standard InChI is InChI=1S/C17H23N7O2/c1-23-13(20-21-15(23)10-4-5-10)9-24-8-2-3-12(24)17-19-14(22-26-17)16(25)18-11-6-7-11/h10-12H,2-9H2,1H3,(H,18,25). The Balaban J connectivity index is 1.29. The van der Waals surface area contributed by atoms with Gasteiger partial charge in [-0.25, -0.2) is 0 Å². The van der Waals surface area contributed by atoms with E-state index in [1.807, 2.05) is 7.05 Å². The van der Waals surface area contributed by atoms with E-state index in [0.29, 0.717) is 18.4 Å². The van der Waals surface area contributed by atoms with Gasteiger partial charge in [-0.3, -0.25) is 9.69 Å². The zero-order valence-corrected chi connectivity index (χ0v) is 14.9. The number of carbonyl (C=O) groups excluding carboxylic acids is 1. The van der Waals surface area contributed by atoms with Crippen LogP contribution in [0.1, 0.15) is 78.6 Å². The number of likely N-dealkylation sites (tertiary alicyclic amines) is 1. The van der Waals surface area contributed by atoms with Crippen LogP contribution in [0.2, 0.25) is 0 Å². The van der Waals surface area contributed by atoms with Gasteiger partial charge >= 0.3 is 0 Å². The van der Waals surface area contributed by atoms with Crippen molar-refractivity contribution in [2.75, 3.05) is 6.54 Å². The van der Waals surface area contributed by atoms with Crippen molar-refractivity contribution in [2.24, 2.45) is 7.05 Å². The topological polar surface area (TPSA) is 102 Å². The van der Waals surface area contributed by atoms with Gasteiger partial charge in [-0.15, -0.1) is 10.2 Å². The number of amides is 1. The van der Waals surface area contributed by atoms with Crippen molar-refractivity contribution in [1.82, 2.24) is 35.1 Å². The Labute approximate surface area is 151 Å². The summed E-state index contributed by atoms with van der Waals surface area (Å²) in [4.78, 5) is 18.7. The van der Waals surface area contributed by atoms with Crippen LogP contribution in [-0.2, 0) is 13.6 Å². The number of carbonyl (C=O) groups is 1. The summed E-state index contributed by atoms with van der Waals surface area (Å²) < 4.78 is 7.54. The van der Waals surface area contributed by atoms with Crippen LogP contribution in [0.3, 0.4) is 0 Å². The van der Waals surface area contributed by atoms with Gasteiger partial charge in [-0.2, -0.15) is 4.98 Å². The molecule has 138 valence electrons. The summed E-state index contributed by atoms with van der Waals surface area (Å²) in [7, 11) is 2.04. The molecule has 5 rings (SSSR count).